The molecule has 1 saturated heterocycles. The van der Waals surface area contributed by atoms with Gasteiger partial charge < -0.3 is 30.6 Å². The average molecular weight is 591 g/mol. The Bertz CT molecular complexity index is 1400. The summed E-state index contributed by atoms with van der Waals surface area (Å²) in [6.07, 6.45) is -6.46. The smallest absolute Gasteiger partial charge is 0.406 e. The van der Waals surface area contributed by atoms with Gasteiger partial charge in [-0.1, -0.05) is 71.4 Å². The Morgan fingerprint density at radius 2 is 1.80 bits per heavy atom. The monoisotopic (exact) mass is 590 g/mol. The number of halogens is 4. The minimum Gasteiger partial charge on any atom is -0.406 e. The number of amidine groups is 1. The van der Waals surface area contributed by atoms with Crippen LogP contribution in [0.3, 0.4) is 0 Å². The lowest BCUT2D eigenvalue weighted by Gasteiger charge is -2.40. The third-order valence-electron chi connectivity index (χ3n) is 6.24. The first-order valence-corrected chi connectivity index (χ1v) is 12.8. The van der Waals surface area contributed by atoms with Crippen molar-refractivity contribution in [2.24, 2.45) is 10.9 Å². The van der Waals surface area contributed by atoms with Gasteiger partial charge in [0.25, 0.3) is 5.91 Å². The first kappa shape index (κ1) is 29.7. The lowest BCUT2D eigenvalue weighted by molar-refractivity contribution is -0.274. The molecule has 1 aliphatic rings. The summed E-state index contributed by atoms with van der Waals surface area (Å²) in [6, 6.07) is 18.5. The zero-order valence-corrected chi connectivity index (χ0v) is 22.2. The lowest BCUT2D eigenvalue weighted by atomic mass is 9.98. The molecule has 1 aliphatic heterocycles. The van der Waals surface area contributed by atoms with E-state index in [1.807, 2.05) is 30.3 Å². The van der Waals surface area contributed by atoms with E-state index >= 15 is 0 Å². The van der Waals surface area contributed by atoms with E-state index in [9.17, 15) is 27.9 Å². The van der Waals surface area contributed by atoms with Crippen LogP contribution in [0.4, 0.5) is 13.2 Å². The van der Waals surface area contributed by atoms with Crippen molar-refractivity contribution in [3.8, 4) is 5.75 Å². The molecule has 41 heavy (non-hydrogen) atoms. The third-order valence-corrected chi connectivity index (χ3v) is 6.45. The summed E-state index contributed by atoms with van der Waals surface area (Å²) >= 11 is 5.84. The maximum absolute atomic E-state index is 12.8. The maximum atomic E-state index is 12.8. The quantitative estimate of drug-likeness (QED) is 0.186. The summed E-state index contributed by atoms with van der Waals surface area (Å²) in [5.41, 5.74) is 8.12. The molecular weight excluding hydrogens is 565 g/mol. The Morgan fingerprint density at radius 1 is 1.10 bits per heavy atom. The van der Waals surface area contributed by atoms with Crippen LogP contribution in [0.25, 0.3) is 0 Å². The fraction of sp³-hybridized carbons (Fsp3) is 0.250. The Hall–Kier alpha value is -4.29. The van der Waals surface area contributed by atoms with Crippen LogP contribution in [-0.4, -0.2) is 46.6 Å². The van der Waals surface area contributed by atoms with Gasteiger partial charge in [-0.2, -0.15) is 0 Å². The first-order valence-electron chi connectivity index (χ1n) is 12.4. The van der Waals surface area contributed by atoms with Crippen molar-refractivity contribution in [2.75, 3.05) is 6.54 Å². The molecule has 0 saturated carbocycles. The van der Waals surface area contributed by atoms with E-state index in [1.165, 1.54) is 0 Å². The van der Waals surface area contributed by atoms with Crippen LogP contribution in [0.5, 0.6) is 5.75 Å². The van der Waals surface area contributed by atoms with Gasteiger partial charge in [-0.3, -0.25) is 9.59 Å². The number of alkyl halides is 3. The van der Waals surface area contributed by atoms with Gasteiger partial charge in [-0.25, -0.2) is 0 Å². The molecule has 1 heterocycles. The van der Waals surface area contributed by atoms with Crippen molar-refractivity contribution < 1.29 is 37.4 Å². The maximum Gasteiger partial charge on any atom is 0.573 e. The molecule has 216 valence electrons. The number of ether oxygens (including phenoxy) is 1. The molecule has 4 N–H and O–H groups in total. The van der Waals surface area contributed by atoms with Crippen LogP contribution >= 0.6 is 11.6 Å². The number of aliphatic hydroxyl groups excluding tert-OH is 1. The summed E-state index contributed by atoms with van der Waals surface area (Å²) in [4.78, 5) is 32.0. The molecule has 4 rings (SSSR count). The fourth-order valence-corrected chi connectivity index (χ4v) is 4.30. The van der Waals surface area contributed by atoms with Gasteiger partial charge in [0, 0.05) is 23.7 Å². The zero-order chi connectivity index (χ0) is 29.6. The lowest BCUT2D eigenvalue weighted by Crippen LogP contribution is -2.59. The standard InChI is InChI=1S/C28H26ClF3N4O5/c29-21-12-20(13-22(14-21)41-28(30,31)32)24(37)27(39)36-11-10-23(36)26(38)34-15-17-6-8-19(9-7-17)25(33)35-40-16-18-4-2-1-3-5-18/h1-9,12-14,23-24,37H,10-11,15-16H2,(H2,33,35)(H,34,38)/t23-,24+/m0/s1. The largest absolute Gasteiger partial charge is 0.573 e. The topological polar surface area (TPSA) is 126 Å². The van der Waals surface area contributed by atoms with Crippen molar-refractivity contribution in [3.63, 3.8) is 0 Å². The molecule has 0 radical (unpaired) electrons. The van der Waals surface area contributed by atoms with E-state index in [2.05, 4.69) is 15.2 Å². The van der Waals surface area contributed by atoms with E-state index in [0.29, 0.717) is 12.0 Å². The minimum absolute atomic E-state index is 0.161. The number of nitrogens with two attached hydrogens (primary N) is 1. The van der Waals surface area contributed by atoms with Gasteiger partial charge >= 0.3 is 6.36 Å². The van der Waals surface area contributed by atoms with Gasteiger partial charge in [0.1, 0.15) is 18.4 Å². The van der Waals surface area contributed by atoms with Gasteiger partial charge in [-0.15, -0.1) is 13.2 Å². The molecule has 1 fully saturated rings. The van der Waals surface area contributed by atoms with E-state index in [4.69, 9.17) is 22.2 Å². The van der Waals surface area contributed by atoms with Gasteiger partial charge in [0.05, 0.1) is 0 Å². The van der Waals surface area contributed by atoms with Crippen LogP contribution in [0, 0.1) is 0 Å². The number of nitrogens with zero attached hydrogens (tertiary/aromatic N) is 2. The molecule has 3 aromatic rings. The summed E-state index contributed by atoms with van der Waals surface area (Å²) < 4.78 is 41.6. The predicted molar refractivity (Wildman–Crippen MR) is 143 cm³/mol. The number of rotatable bonds is 10. The van der Waals surface area contributed by atoms with Gasteiger partial charge in [0.2, 0.25) is 5.91 Å². The van der Waals surface area contributed by atoms with Crippen LogP contribution < -0.4 is 15.8 Å². The fourth-order valence-electron chi connectivity index (χ4n) is 4.06. The summed E-state index contributed by atoms with van der Waals surface area (Å²) in [6.45, 7) is 0.629. The molecule has 2 atom stereocenters. The number of benzene rings is 3. The minimum atomic E-state index is -4.98. The highest BCUT2D eigenvalue weighted by atomic mass is 35.5. The molecular formula is C28H26ClF3N4O5. The number of carbonyl (C=O) groups is 2. The van der Waals surface area contributed by atoms with E-state index in [1.54, 1.807) is 24.3 Å². The number of nitrogens with one attached hydrogen (secondary N) is 1. The average Bonchev–Trinajstić information content (AvgIpc) is 2.90. The molecule has 0 aromatic heterocycles. The number of likely N-dealkylation sites (tertiary alicyclic amines) is 1. The molecule has 0 spiro atoms. The molecule has 0 aliphatic carbocycles. The number of hydrogen-bond donors (Lipinski definition) is 3. The third kappa shape index (κ3) is 8.12. The Balaban J connectivity index is 1.29. The van der Waals surface area contributed by atoms with Gasteiger partial charge in [-0.05, 0) is 41.3 Å². The van der Waals surface area contributed by atoms with Crippen LogP contribution in [0.15, 0.2) is 78.0 Å². The van der Waals surface area contributed by atoms with Crippen LogP contribution in [0.2, 0.25) is 5.02 Å². The summed E-state index contributed by atoms with van der Waals surface area (Å²) in [5, 5.41) is 17.0. The summed E-state index contributed by atoms with van der Waals surface area (Å²) in [5.74, 6) is -1.77. The van der Waals surface area contributed by atoms with Gasteiger partial charge in [0.15, 0.2) is 11.9 Å². The number of amides is 2. The number of hydrogen-bond acceptors (Lipinski definition) is 6. The normalized spacial score (nSPS) is 16.0. The van der Waals surface area contributed by atoms with Crippen LogP contribution in [0.1, 0.15) is 34.8 Å². The highest BCUT2D eigenvalue weighted by molar-refractivity contribution is 6.30. The number of aliphatic hydroxyl groups is 1. The van der Waals surface area contributed by atoms with E-state index < -0.39 is 36.1 Å². The van der Waals surface area contributed by atoms with Crippen molar-refractivity contribution in [1.29, 1.82) is 0 Å². The first-order chi connectivity index (χ1) is 19.5. The van der Waals surface area contributed by atoms with E-state index in [-0.39, 0.29) is 36.1 Å². The molecule has 9 nitrogen and oxygen atoms in total. The zero-order valence-electron chi connectivity index (χ0n) is 21.5. The molecule has 0 unspecified atom stereocenters. The predicted octanol–water partition coefficient (Wildman–Crippen LogP) is 4.03. The Kier molecular flexibility index (Phi) is 9.35. The number of carbonyl (C=O) groups excluding carboxylic acids is 2. The Morgan fingerprint density at radius 3 is 2.44 bits per heavy atom. The number of oxime groups is 1. The second kappa shape index (κ2) is 12.9. The van der Waals surface area contributed by atoms with Crippen molar-refractivity contribution in [3.05, 3.63) is 100 Å². The second-order valence-electron chi connectivity index (χ2n) is 9.16. The molecule has 2 amide bonds. The van der Waals surface area contributed by atoms with Crippen molar-refractivity contribution in [2.45, 2.75) is 38.1 Å². The second-order valence-corrected chi connectivity index (χ2v) is 9.59. The van der Waals surface area contributed by atoms with Crippen LogP contribution in [-0.2, 0) is 27.6 Å². The molecule has 0 bridgehead atoms. The Labute approximate surface area is 238 Å². The SMILES string of the molecule is N/C(=N\OCc1ccccc1)c1ccc(CNC(=O)[C@@H]2CCN2C(=O)[C@H](O)c2cc(Cl)cc(OC(F)(F)F)c2)cc1. The van der Waals surface area contributed by atoms with E-state index in [0.717, 1.165) is 34.2 Å². The molecule has 13 heteroatoms. The van der Waals surface area contributed by atoms with Crippen molar-refractivity contribution in [1.82, 2.24) is 10.2 Å². The molecule has 3 aromatic carbocycles. The highest BCUT2D eigenvalue weighted by Gasteiger charge is 2.40. The summed E-state index contributed by atoms with van der Waals surface area (Å²) in [7, 11) is 0. The highest BCUT2D eigenvalue weighted by Crippen LogP contribution is 2.31. The van der Waals surface area contributed by atoms with Crippen molar-refractivity contribution >= 4 is 29.3 Å².